The fraction of sp³-hybridized carbons (Fsp3) is 0.250. The van der Waals surface area contributed by atoms with Gasteiger partial charge in [-0.1, -0.05) is 17.7 Å². The molecule has 1 rings (SSSR count). The number of hydrogen-bond acceptors (Lipinski definition) is 2. The number of hydrogen-bond donors (Lipinski definition) is 2. The normalized spacial score (nSPS) is 12.9. The standard InChI is InChI=1S/C8H8Cl2FNO/c9-6-3-5(1-2-7(6)11)8(13)4-12-10/h1-3,8,12-13H,4H2/t8-/m1/s1. The summed E-state index contributed by atoms with van der Waals surface area (Å²) in [6.45, 7) is 0.184. The minimum atomic E-state index is -0.782. The first kappa shape index (κ1) is 10.7. The highest BCUT2D eigenvalue weighted by molar-refractivity contribution is 6.30. The highest BCUT2D eigenvalue weighted by Gasteiger charge is 2.08. The largest absolute Gasteiger partial charge is 0.387 e. The van der Waals surface area contributed by atoms with Gasteiger partial charge < -0.3 is 5.11 Å². The van der Waals surface area contributed by atoms with Gasteiger partial charge in [-0.05, 0) is 29.5 Å². The molecule has 2 N–H and O–H groups in total. The Morgan fingerprint density at radius 3 is 2.77 bits per heavy atom. The van der Waals surface area contributed by atoms with Gasteiger partial charge in [0.25, 0.3) is 0 Å². The Kier molecular flexibility index (Phi) is 3.93. The lowest BCUT2D eigenvalue weighted by Gasteiger charge is -2.09. The number of nitrogens with one attached hydrogen (secondary N) is 1. The molecule has 0 unspecified atom stereocenters. The van der Waals surface area contributed by atoms with E-state index in [1.807, 2.05) is 0 Å². The summed E-state index contributed by atoms with van der Waals surface area (Å²) in [6.07, 6.45) is -0.782. The van der Waals surface area contributed by atoms with Crippen LogP contribution in [0.1, 0.15) is 11.7 Å². The molecule has 0 aromatic heterocycles. The molecular formula is C8H8Cl2FNO. The first-order valence-electron chi connectivity index (χ1n) is 3.61. The Labute approximate surface area is 85.4 Å². The van der Waals surface area contributed by atoms with E-state index in [0.717, 1.165) is 0 Å². The van der Waals surface area contributed by atoms with Crippen molar-refractivity contribution in [2.45, 2.75) is 6.10 Å². The third kappa shape index (κ3) is 2.81. The minimum Gasteiger partial charge on any atom is -0.387 e. The molecule has 0 heterocycles. The summed E-state index contributed by atoms with van der Waals surface area (Å²) >= 11 is 10.7. The predicted octanol–water partition coefficient (Wildman–Crippen LogP) is 2.26. The van der Waals surface area contributed by atoms with Crippen LogP contribution in [0, 0.1) is 5.82 Å². The average molecular weight is 224 g/mol. The van der Waals surface area contributed by atoms with Crippen molar-refractivity contribution >= 4 is 23.4 Å². The van der Waals surface area contributed by atoms with E-state index in [9.17, 15) is 9.50 Å². The summed E-state index contributed by atoms with van der Waals surface area (Å²) in [4.78, 5) is 2.29. The van der Waals surface area contributed by atoms with Gasteiger partial charge in [-0.25, -0.2) is 9.23 Å². The second-order valence-corrected chi connectivity index (χ2v) is 3.20. The first-order chi connectivity index (χ1) is 6.15. The molecule has 5 heteroatoms. The highest BCUT2D eigenvalue weighted by Crippen LogP contribution is 2.20. The van der Waals surface area contributed by atoms with Gasteiger partial charge in [0.15, 0.2) is 0 Å². The number of benzene rings is 1. The third-order valence-corrected chi connectivity index (χ3v) is 2.04. The minimum absolute atomic E-state index is 0.00822. The summed E-state index contributed by atoms with van der Waals surface area (Å²) in [5.74, 6) is -0.503. The Morgan fingerprint density at radius 1 is 1.54 bits per heavy atom. The summed E-state index contributed by atoms with van der Waals surface area (Å²) in [5.41, 5.74) is 0.527. The molecule has 13 heavy (non-hydrogen) atoms. The van der Waals surface area contributed by atoms with Crippen LogP contribution >= 0.6 is 23.4 Å². The van der Waals surface area contributed by atoms with Crippen molar-refractivity contribution in [1.82, 2.24) is 4.84 Å². The van der Waals surface area contributed by atoms with Crippen LogP contribution < -0.4 is 4.84 Å². The van der Waals surface area contributed by atoms with Crippen LogP contribution in [0.2, 0.25) is 5.02 Å². The highest BCUT2D eigenvalue weighted by atomic mass is 35.5. The van der Waals surface area contributed by atoms with Crippen LogP contribution in [0.4, 0.5) is 4.39 Å². The lowest BCUT2D eigenvalue weighted by molar-refractivity contribution is 0.182. The monoisotopic (exact) mass is 223 g/mol. The van der Waals surface area contributed by atoms with Gasteiger partial charge >= 0.3 is 0 Å². The molecule has 0 spiro atoms. The van der Waals surface area contributed by atoms with E-state index in [-0.39, 0.29) is 11.6 Å². The van der Waals surface area contributed by atoms with Crippen LogP contribution in [-0.4, -0.2) is 11.7 Å². The topological polar surface area (TPSA) is 32.3 Å². The maximum absolute atomic E-state index is 12.7. The maximum atomic E-state index is 12.7. The summed E-state index contributed by atoms with van der Waals surface area (Å²) in [6, 6.07) is 4.03. The number of rotatable bonds is 3. The van der Waals surface area contributed by atoms with E-state index in [4.69, 9.17) is 23.4 Å². The van der Waals surface area contributed by atoms with Crippen molar-refractivity contribution in [3.05, 3.63) is 34.6 Å². The van der Waals surface area contributed by atoms with Crippen molar-refractivity contribution in [3.8, 4) is 0 Å². The first-order valence-corrected chi connectivity index (χ1v) is 4.37. The van der Waals surface area contributed by atoms with E-state index in [1.54, 1.807) is 0 Å². The van der Waals surface area contributed by atoms with Gasteiger partial charge in [-0.2, -0.15) is 0 Å². The molecule has 0 fully saturated rings. The molecular weight excluding hydrogens is 216 g/mol. The van der Waals surface area contributed by atoms with E-state index >= 15 is 0 Å². The van der Waals surface area contributed by atoms with E-state index in [2.05, 4.69) is 4.84 Å². The van der Waals surface area contributed by atoms with Crippen molar-refractivity contribution < 1.29 is 9.50 Å². The van der Waals surface area contributed by atoms with Crippen LogP contribution in [0.15, 0.2) is 18.2 Å². The van der Waals surface area contributed by atoms with E-state index < -0.39 is 11.9 Å². The van der Waals surface area contributed by atoms with Crippen molar-refractivity contribution in [1.29, 1.82) is 0 Å². The molecule has 0 saturated heterocycles. The number of halogens is 3. The van der Waals surface area contributed by atoms with E-state index in [0.29, 0.717) is 5.56 Å². The second kappa shape index (κ2) is 4.77. The second-order valence-electron chi connectivity index (χ2n) is 2.53. The zero-order valence-corrected chi connectivity index (χ0v) is 8.11. The summed E-state index contributed by atoms with van der Waals surface area (Å²) in [5, 5.41) is 9.40. The van der Waals surface area contributed by atoms with Crippen molar-refractivity contribution in [3.63, 3.8) is 0 Å². The maximum Gasteiger partial charge on any atom is 0.141 e. The molecule has 72 valence electrons. The fourth-order valence-corrected chi connectivity index (χ4v) is 1.25. The molecule has 1 aromatic carbocycles. The molecule has 0 aliphatic heterocycles. The molecule has 2 nitrogen and oxygen atoms in total. The predicted molar refractivity (Wildman–Crippen MR) is 50.2 cm³/mol. The Bertz CT molecular complexity index is 295. The van der Waals surface area contributed by atoms with Gasteiger partial charge in [0.1, 0.15) is 5.82 Å². The Hall–Kier alpha value is -0.350. The van der Waals surface area contributed by atoms with Crippen LogP contribution in [0.5, 0.6) is 0 Å². The molecule has 0 amide bonds. The molecule has 1 atom stereocenters. The quantitative estimate of drug-likeness (QED) is 0.771. The zero-order valence-electron chi connectivity index (χ0n) is 6.60. The molecule has 0 aliphatic rings. The third-order valence-electron chi connectivity index (χ3n) is 1.60. The van der Waals surface area contributed by atoms with Crippen LogP contribution in [0.3, 0.4) is 0 Å². The molecule has 0 bridgehead atoms. The van der Waals surface area contributed by atoms with Gasteiger partial charge in [0, 0.05) is 6.54 Å². The summed E-state index contributed by atoms with van der Waals surface area (Å²) in [7, 11) is 0. The Balaban J connectivity index is 2.84. The molecule has 0 saturated carbocycles. The van der Waals surface area contributed by atoms with Gasteiger partial charge in [-0.15, -0.1) is 0 Å². The van der Waals surface area contributed by atoms with Crippen molar-refractivity contribution in [2.24, 2.45) is 0 Å². The Morgan fingerprint density at radius 2 is 2.23 bits per heavy atom. The van der Waals surface area contributed by atoms with Crippen LogP contribution in [-0.2, 0) is 0 Å². The smallest absolute Gasteiger partial charge is 0.141 e. The molecule has 0 aliphatic carbocycles. The lowest BCUT2D eigenvalue weighted by Crippen LogP contribution is -2.12. The SMILES string of the molecule is O[C@H](CNCl)c1ccc(F)c(Cl)c1. The zero-order chi connectivity index (χ0) is 9.84. The van der Waals surface area contributed by atoms with Gasteiger partial charge in [-0.3, -0.25) is 0 Å². The lowest BCUT2D eigenvalue weighted by atomic mass is 10.1. The molecule has 0 radical (unpaired) electrons. The fourth-order valence-electron chi connectivity index (χ4n) is 0.911. The van der Waals surface area contributed by atoms with Crippen LogP contribution in [0.25, 0.3) is 0 Å². The molecule has 1 aromatic rings. The van der Waals surface area contributed by atoms with Gasteiger partial charge in [0.05, 0.1) is 11.1 Å². The van der Waals surface area contributed by atoms with Crippen molar-refractivity contribution in [2.75, 3.05) is 6.54 Å². The van der Waals surface area contributed by atoms with E-state index in [1.165, 1.54) is 18.2 Å². The average Bonchev–Trinajstić information content (AvgIpc) is 2.10. The van der Waals surface area contributed by atoms with Gasteiger partial charge in [0.2, 0.25) is 0 Å². The summed E-state index contributed by atoms with van der Waals surface area (Å²) < 4.78 is 12.7. The number of aliphatic hydroxyl groups is 1. The number of aliphatic hydroxyl groups excluding tert-OH is 1.